The summed E-state index contributed by atoms with van der Waals surface area (Å²) in [6, 6.07) is 77.4. The summed E-state index contributed by atoms with van der Waals surface area (Å²) in [4.78, 5) is 16.6. The Kier molecular flexibility index (Phi) is 7.91. The fraction of sp³-hybridized carbons (Fsp3) is 0. The van der Waals surface area contributed by atoms with Crippen molar-refractivity contribution in [2.45, 2.75) is 0 Å². The lowest BCUT2D eigenvalue weighted by Crippen LogP contribution is -2.04. The summed E-state index contributed by atoms with van der Waals surface area (Å²) >= 11 is 0. The van der Waals surface area contributed by atoms with Gasteiger partial charge in [0.1, 0.15) is 11.2 Å². The molecular weight excluding hydrogens is 805 g/mol. The Hall–Kier alpha value is -8.93. The van der Waals surface area contributed by atoms with Crippen molar-refractivity contribution in [3.8, 4) is 51.0 Å². The van der Waals surface area contributed by atoms with Crippen molar-refractivity contribution < 1.29 is 4.42 Å². The summed E-state index contributed by atoms with van der Waals surface area (Å²) in [5, 5.41) is 13.4. The number of hydrogen-bond donors (Lipinski definition) is 0. The van der Waals surface area contributed by atoms with E-state index in [9.17, 15) is 0 Å². The van der Waals surface area contributed by atoms with Crippen molar-refractivity contribution in [3.05, 3.63) is 218 Å². The number of benzene rings is 11. The Bertz CT molecular complexity index is 4280. The zero-order valence-corrected chi connectivity index (χ0v) is 35.5. The second-order valence-electron chi connectivity index (χ2n) is 17.1. The molecule has 0 aliphatic heterocycles. The van der Waals surface area contributed by atoms with Gasteiger partial charge in [-0.05, 0) is 91.3 Å². The quantitative estimate of drug-likeness (QED) is 0.162. The van der Waals surface area contributed by atoms with Gasteiger partial charge in [0, 0.05) is 38.1 Å². The van der Waals surface area contributed by atoms with Crippen LogP contribution in [0.15, 0.2) is 223 Å². The van der Waals surface area contributed by atoms with Crippen LogP contribution in [-0.4, -0.2) is 19.5 Å². The van der Waals surface area contributed by atoms with E-state index in [1.807, 2.05) is 6.07 Å². The summed E-state index contributed by atoms with van der Waals surface area (Å²) < 4.78 is 9.34. The standard InChI is InChI=1S/C61H36N4O/c1-2-14-37(15-3-1)38-26-28-40(29-27-38)59-62-60(51-35-43-19-7-8-20-44(43)46-22-10-11-23-47(46)51)64-61(63-59)57-53(32-33-55-56(57)49-31-30-39-16-6-9-21-45(39)58(49)66-55)65-52-25-13-12-24-48(52)50-34-41-17-4-5-18-42(41)36-54(50)65/h1-36H. The molecule has 11 aromatic carbocycles. The minimum Gasteiger partial charge on any atom is -0.455 e. The van der Waals surface area contributed by atoms with Crippen LogP contribution in [0.4, 0.5) is 0 Å². The smallest absolute Gasteiger partial charge is 0.166 e. The molecule has 5 heteroatoms. The van der Waals surface area contributed by atoms with Gasteiger partial charge in [-0.15, -0.1) is 0 Å². The number of nitrogens with zero attached hydrogens (tertiary/aromatic N) is 4. The maximum absolute atomic E-state index is 6.94. The molecule has 0 amide bonds. The molecule has 0 aliphatic rings. The van der Waals surface area contributed by atoms with E-state index in [1.54, 1.807) is 0 Å². The number of fused-ring (bicyclic) bond motifs is 12. The molecular formula is C61H36N4O. The number of para-hydroxylation sites is 1. The highest BCUT2D eigenvalue weighted by atomic mass is 16.3. The molecule has 3 aromatic heterocycles. The first-order valence-corrected chi connectivity index (χ1v) is 22.3. The molecule has 306 valence electrons. The van der Waals surface area contributed by atoms with Gasteiger partial charge in [0.05, 0.1) is 22.3 Å². The topological polar surface area (TPSA) is 56.7 Å². The molecule has 0 N–H and O–H groups in total. The fourth-order valence-electron chi connectivity index (χ4n) is 10.3. The maximum atomic E-state index is 6.94. The average Bonchev–Trinajstić information content (AvgIpc) is 3.93. The molecule has 5 nitrogen and oxygen atoms in total. The van der Waals surface area contributed by atoms with E-state index in [2.05, 4.69) is 217 Å². The number of hydrogen-bond acceptors (Lipinski definition) is 4. The van der Waals surface area contributed by atoms with Gasteiger partial charge in [-0.1, -0.05) is 176 Å². The molecule has 0 bridgehead atoms. The Balaban J connectivity index is 1.13. The van der Waals surface area contributed by atoms with Crippen LogP contribution in [0.2, 0.25) is 0 Å². The van der Waals surface area contributed by atoms with Crippen LogP contribution >= 0.6 is 0 Å². The van der Waals surface area contributed by atoms with E-state index in [4.69, 9.17) is 19.4 Å². The maximum Gasteiger partial charge on any atom is 0.166 e. The Labute approximate surface area is 378 Å². The molecule has 0 aliphatic carbocycles. The van der Waals surface area contributed by atoms with E-state index in [0.29, 0.717) is 17.5 Å². The van der Waals surface area contributed by atoms with E-state index >= 15 is 0 Å². The van der Waals surface area contributed by atoms with Gasteiger partial charge >= 0.3 is 0 Å². The van der Waals surface area contributed by atoms with Crippen molar-refractivity contribution in [3.63, 3.8) is 0 Å². The van der Waals surface area contributed by atoms with E-state index in [0.717, 1.165) is 93.4 Å². The first-order chi connectivity index (χ1) is 32.7. The second-order valence-corrected chi connectivity index (χ2v) is 17.1. The van der Waals surface area contributed by atoms with Crippen LogP contribution in [0.25, 0.3) is 138 Å². The van der Waals surface area contributed by atoms with E-state index < -0.39 is 0 Å². The first-order valence-electron chi connectivity index (χ1n) is 22.3. The summed E-state index contributed by atoms with van der Waals surface area (Å²) in [5.41, 5.74) is 9.71. The number of furan rings is 1. The van der Waals surface area contributed by atoms with Crippen molar-refractivity contribution in [2.75, 3.05) is 0 Å². The molecule has 0 saturated carbocycles. The molecule has 66 heavy (non-hydrogen) atoms. The molecule has 0 atom stereocenters. The molecule has 14 aromatic rings. The predicted octanol–water partition coefficient (Wildman–Crippen LogP) is 16.1. The minimum absolute atomic E-state index is 0.558. The fourth-order valence-corrected chi connectivity index (χ4v) is 10.3. The third-order valence-corrected chi connectivity index (χ3v) is 13.4. The predicted molar refractivity (Wildman–Crippen MR) is 273 cm³/mol. The summed E-state index contributed by atoms with van der Waals surface area (Å²) in [6.45, 7) is 0. The van der Waals surface area contributed by atoms with Gasteiger partial charge in [0.2, 0.25) is 0 Å². The second kappa shape index (κ2) is 14.3. The third-order valence-electron chi connectivity index (χ3n) is 13.4. The average molecular weight is 841 g/mol. The zero-order chi connectivity index (χ0) is 43.3. The largest absolute Gasteiger partial charge is 0.455 e. The normalized spacial score (nSPS) is 11.9. The Morgan fingerprint density at radius 1 is 0.333 bits per heavy atom. The molecule has 14 rings (SSSR count). The van der Waals surface area contributed by atoms with Gasteiger partial charge in [0.15, 0.2) is 17.5 Å². The van der Waals surface area contributed by atoms with E-state index in [-0.39, 0.29) is 0 Å². The summed E-state index contributed by atoms with van der Waals surface area (Å²) in [6.07, 6.45) is 0. The highest BCUT2D eigenvalue weighted by molar-refractivity contribution is 6.21. The van der Waals surface area contributed by atoms with Gasteiger partial charge in [0.25, 0.3) is 0 Å². The van der Waals surface area contributed by atoms with Crippen LogP contribution < -0.4 is 0 Å². The monoisotopic (exact) mass is 840 g/mol. The molecule has 0 fully saturated rings. The van der Waals surface area contributed by atoms with Crippen LogP contribution in [0.3, 0.4) is 0 Å². The van der Waals surface area contributed by atoms with Gasteiger partial charge in [-0.25, -0.2) is 15.0 Å². The van der Waals surface area contributed by atoms with Gasteiger partial charge < -0.3 is 8.98 Å². The van der Waals surface area contributed by atoms with Gasteiger partial charge in [-0.2, -0.15) is 0 Å². The molecule has 0 unspecified atom stereocenters. The molecule has 3 heterocycles. The number of rotatable bonds is 5. The van der Waals surface area contributed by atoms with E-state index in [1.165, 1.54) is 26.9 Å². The van der Waals surface area contributed by atoms with Crippen LogP contribution in [0.5, 0.6) is 0 Å². The Morgan fingerprint density at radius 2 is 0.939 bits per heavy atom. The van der Waals surface area contributed by atoms with Crippen LogP contribution in [0.1, 0.15) is 0 Å². The zero-order valence-electron chi connectivity index (χ0n) is 35.5. The lowest BCUT2D eigenvalue weighted by Gasteiger charge is -2.17. The third kappa shape index (κ3) is 5.57. The minimum atomic E-state index is 0.558. The summed E-state index contributed by atoms with van der Waals surface area (Å²) in [5.74, 6) is 1.74. The summed E-state index contributed by atoms with van der Waals surface area (Å²) in [7, 11) is 0. The lowest BCUT2D eigenvalue weighted by molar-refractivity contribution is 0.672. The van der Waals surface area contributed by atoms with Gasteiger partial charge in [-0.3, -0.25) is 0 Å². The molecule has 0 spiro atoms. The van der Waals surface area contributed by atoms with Crippen molar-refractivity contribution in [1.82, 2.24) is 19.5 Å². The molecule has 0 saturated heterocycles. The van der Waals surface area contributed by atoms with Crippen LogP contribution in [-0.2, 0) is 0 Å². The first kappa shape index (κ1) is 36.5. The Morgan fingerprint density at radius 3 is 1.76 bits per heavy atom. The number of aromatic nitrogens is 4. The van der Waals surface area contributed by atoms with Crippen LogP contribution in [0, 0.1) is 0 Å². The highest BCUT2D eigenvalue weighted by Crippen LogP contribution is 2.45. The lowest BCUT2D eigenvalue weighted by atomic mass is 9.96. The van der Waals surface area contributed by atoms with Crippen molar-refractivity contribution >= 4 is 86.8 Å². The SMILES string of the molecule is c1ccc(-c2ccc(-c3nc(-c4cc5ccccc5c5ccccc45)nc(-c4c(-n5c6ccccc6c6cc7ccccc7cc65)ccc5oc6c7ccccc7ccc6c45)n3)cc2)cc1. The molecule has 0 radical (unpaired) electrons. The van der Waals surface area contributed by atoms with Crippen molar-refractivity contribution in [1.29, 1.82) is 0 Å². The van der Waals surface area contributed by atoms with Crippen molar-refractivity contribution in [2.24, 2.45) is 0 Å². The highest BCUT2D eigenvalue weighted by Gasteiger charge is 2.26.